The lowest BCUT2D eigenvalue weighted by Gasteiger charge is -2.31. The molecule has 0 aromatic heterocycles. The molecule has 0 spiro atoms. The van der Waals surface area contributed by atoms with Crippen LogP contribution in [0.15, 0.2) is 24.3 Å². The van der Waals surface area contributed by atoms with Gasteiger partial charge >= 0.3 is 0 Å². The minimum absolute atomic E-state index is 0. The van der Waals surface area contributed by atoms with Gasteiger partial charge in [-0.1, -0.05) is 58.6 Å². The largest absolute Gasteiger partial charge is 0.494 e. The smallest absolute Gasteiger partial charge is 0.119 e. The minimum Gasteiger partial charge on any atom is -0.494 e. The molecule has 0 saturated carbocycles. The van der Waals surface area contributed by atoms with Gasteiger partial charge in [-0.3, -0.25) is 0 Å². The molecule has 1 aromatic carbocycles. The van der Waals surface area contributed by atoms with Crippen molar-refractivity contribution in [1.82, 2.24) is 0 Å². The Morgan fingerprint density at radius 2 is 1.71 bits per heavy atom. The van der Waals surface area contributed by atoms with Gasteiger partial charge in [-0.2, -0.15) is 0 Å². The predicted molar refractivity (Wildman–Crippen MR) is 105 cm³/mol. The first-order chi connectivity index (χ1) is 11.0. The molecule has 1 atom stereocenters. The number of aliphatic hydroxyl groups is 1. The molecule has 24 heavy (non-hydrogen) atoms. The molecule has 3 nitrogen and oxygen atoms in total. The van der Waals surface area contributed by atoms with Crippen LogP contribution < -0.4 is 10.5 Å². The summed E-state index contributed by atoms with van der Waals surface area (Å²) in [6, 6.07) is 8.27. The third kappa shape index (κ3) is 8.36. The molecular formula is C20H36ClNO2. The maximum atomic E-state index is 9.51. The van der Waals surface area contributed by atoms with Crippen LogP contribution in [0.2, 0.25) is 0 Å². The SMILES string of the molecule is CCCCCCCOc1ccc(CCC(N)(CO)C(C)C)cc1.Cl. The highest BCUT2D eigenvalue weighted by Gasteiger charge is 2.27. The Labute approximate surface area is 154 Å². The zero-order chi connectivity index (χ0) is 17.1. The van der Waals surface area contributed by atoms with Crippen LogP contribution in [-0.2, 0) is 6.42 Å². The monoisotopic (exact) mass is 357 g/mol. The van der Waals surface area contributed by atoms with E-state index < -0.39 is 5.54 Å². The zero-order valence-corrected chi connectivity index (χ0v) is 16.4. The predicted octanol–water partition coefficient (Wildman–Crippen LogP) is 4.74. The molecule has 0 fully saturated rings. The van der Waals surface area contributed by atoms with E-state index in [4.69, 9.17) is 10.5 Å². The lowest BCUT2D eigenvalue weighted by molar-refractivity contribution is 0.146. The van der Waals surface area contributed by atoms with E-state index in [9.17, 15) is 5.11 Å². The molecule has 1 aromatic rings. The number of unbranched alkanes of at least 4 members (excludes halogenated alkanes) is 4. The number of rotatable bonds is 12. The van der Waals surface area contributed by atoms with Crippen LogP contribution in [0.25, 0.3) is 0 Å². The van der Waals surface area contributed by atoms with E-state index in [0.29, 0.717) is 0 Å². The maximum absolute atomic E-state index is 9.51. The lowest BCUT2D eigenvalue weighted by atomic mass is 9.83. The van der Waals surface area contributed by atoms with Crippen LogP contribution >= 0.6 is 12.4 Å². The second kappa shape index (κ2) is 12.6. The van der Waals surface area contributed by atoms with Crippen molar-refractivity contribution in [2.45, 2.75) is 71.3 Å². The number of hydrogen-bond acceptors (Lipinski definition) is 3. The molecular weight excluding hydrogens is 322 g/mol. The fourth-order valence-corrected chi connectivity index (χ4v) is 2.58. The highest BCUT2D eigenvalue weighted by atomic mass is 35.5. The summed E-state index contributed by atoms with van der Waals surface area (Å²) in [6.45, 7) is 7.19. The van der Waals surface area contributed by atoms with E-state index >= 15 is 0 Å². The van der Waals surface area contributed by atoms with Crippen molar-refractivity contribution in [3.8, 4) is 5.75 Å². The maximum Gasteiger partial charge on any atom is 0.119 e. The van der Waals surface area contributed by atoms with Gasteiger partial charge in [0, 0.05) is 5.54 Å². The van der Waals surface area contributed by atoms with E-state index in [1.165, 1.54) is 31.2 Å². The summed E-state index contributed by atoms with van der Waals surface area (Å²) in [5, 5.41) is 9.51. The Bertz CT molecular complexity index is 422. The number of aryl methyl sites for hydroxylation is 1. The van der Waals surface area contributed by atoms with Gasteiger partial charge in [0.15, 0.2) is 0 Å². The quantitative estimate of drug-likeness (QED) is 0.531. The molecule has 1 rings (SSSR count). The summed E-state index contributed by atoms with van der Waals surface area (Å²) in [4.78, 5) is 0. The highest BCUT2D eigenvalue weighted by Crippen LogP contribution is 2.21. The van der Waals surface area contributed by atoms with Crippen molar-refractivity contribution in [3.63, 3.8) is 0 Å². The average Bonchev–Trinajstić information content (AvgIpc) is 2.56. The van der Waals surface area contributed by atoms with Crippen molar-refractivity contribution in [2.24, 2.45) is 11.7 Å². The number of benzene rings is 1. The molecule has 0 amide bonds. The highest BCUT2D eigenvalue weighted by molar-refractivity contribution is 5.85. The van der Waals surface area contributed by atoms with Crippen LogP contribution in [0.1, 0.15) is 64.9 Å². The Kier molecular flexibility index (Phi) is 12.2. The lowest BCUT2D eigenvalue weighted by Crippen LogP contribution is -2.48. The molecule has 140 valence electrons. The van der Waals surface area contributed by atoms with Crippen molar-refractivity contribution < 1.29 is 9.84 Å². The van der Waals surface area contributed by atoms with E-state index in [2.05, 4.69) is 32.9 Å². The first kappa shape index (κ1) is 23.2. The van der Waals surface area contributed by atoms with Crippen LogP contribution in [-0.4, -0.2) is 23.9 Å². The zero-order valence-electron chi connectivity index (χ0n) is 15.6. The third-order valence-corrected chi connectivity index (χ3v) is 4.76. The Morgan fingerprint density at radius 3 is 2.25 bits per heavy atom. The average molecular weight is 358 g/mol. The normalized spacial score (nSPS) is 13.4. The number of nitrogens with two attached hydrogens (primary N) is 1. The summed E-state index contributed by atoms with van der Waals surface area (Å²) in [7, 11) is 0. The van der Waals surface area contributed by atoms with Gasteiger partial charge in [0.25, 0.3) is 0 Å². The van der Waals surface area contributed by atoms with Crippen molar-refractivity contribution >= 4 is 12.4 Å². The number of halogens is 1. The van der Waals surface area contributed by atoms with E-state index in [1.807, 2.05) is 12.1 Å². The summed E-state index contributed by atoms with van der Waals surface area (Å²) in [5.74, 6) is 1.21. The summed E-state index contributed by atoms with van der Waals surface area (Å²) in [5.41, 5.74) is 7.01. The van der Waals surface area contributed by atoms with Crippen molar-refractivity contribution in [1.29, 1.82) is 0 Å². The summed E-state index contributed by atoms with van der Waals surface area (Å²) >= 11 is 0. The number of aliphatic hydroxyl groups excluding tert-OH is 1. The Balaban J connectivity index is 0.00000529. The molecule has 0 radical (unpaired) electrons. The molecule has 0 bridgehead atoms. The van der Waals surface area contributed by atoms with Crippen LogP contribution in [0, 0.1) is 5.92 Å². The second-order valence-corrected chi connectivity index (χ2v) is 6.95. The first-order valence-corrected chi connectivity index (χ1v) is 9.13. The van der Waals surface area contributed by atoms with Gasteiger partial charge in [-0.05, 0) is 42.9 Å². The molecule has 0 aliphatic rings. The molecule has 3 N–H and O–H groups in total. The van der Waals surface area contributed by atoms with Gasteiger partial charge in [0.1, 0.15) is 5.75 Å². The summed E-state index contributed by atoms with van der Waals surface area (Å²) < 4.78 is 5.78. The van der Waals surface area contributed by atoms with E-state index in [1.54, 1.807) is 0 Å². The molecule has 0 heterocycles. The molecule has 0 aliphatic heterocycles. The standard InChI is InChI=1S/C20H35NO2.ClH/c1-4-5-6-7-8-15-23-19-11-9-18(10-12-19)13-14-20(21,16-22)17(2)3;/h9-12,17,22H,4-8,13-16,21H2,1-3H3;1H. The number of ether oxygens (including phenoxy) is 1. The molecule has 0 aliphatic carbocycles. The van der Waals surface area contributed by atoms with Gasteiger partial charge < -0.3 is 15.6 Å². The first-order valence-electron chi connectivity index (χ1n) is 9.13. The van der Waals surface area contributed by atoms with E-state index in [-0.39, 0.29) is 24.9 Å². The topological polar surface area (TPSA) is 55.5 Å². The Hall–Kier alpha value is -0.770. The number of hydrogen-bond donors (Lipinski definition) is 2. The van der Waals surface area contributed by atoms with Gasteiger partial charge in [-0.15, -0.1) is 12.4 Å². The Morgan fingerprint density at radius 1 is 1.08 bits per heavy atom. The third-order valence-electron chi connectivity index (χ3n) is 4.76. The molecule has 0 saturated heterocycles. The minimum atomic E-state index is -0.492. The molecule has 1 unspecified atom stereocenters. The van der Waals surface area contributed by atoms with Crippen LogP contribution in [0.4, 0.5) is 0 Å². The second-order valence-electron chi connectivity index (χ2n) is 6.95. The van der Waals surface area contributed by atoms with Crippen molar-refractivity contribution in [2.75, 3.05) is 13.2 Å². The summed E-state index contributed by atoms with van der Waals surface area (Å²) in [6.07, 6.45) is 7.95. The van der Waals surface area contributed by atoms with E-state index in [0.717, 1.165) is 31.6 Å². The van der Waals surface area contributed by atoms with Crippen LogP contribution in [0.3, 0.4) is 0 Å². The fourth-order valence-electron chi connectivity index (χ4n) is 2.58. The van der Waals surface area contributed by atoms with Gasteiger partial charge in [0.05, 0.1) is 13.2 Å². The van der Waals surface area contributed by atoms with Crippen molar-refractivity contribution in [3.05, 3.63) is 29.8 Å². The fraction of sp³-hybridized carbons (Fsp3) is 0.700. The van der Waals surface area contributed by atoms with Gasteiger partial charge in [-0.25, -0.2) is 0 Å². The van der Waals surface area contributed by atoms with Gasteiger partial charge in [0.2, 0.25) is 0 Å². The molecule has 4 heteroatoms. The van der Waals surface area contributed by atoms with Crippen LogP contribution in [0.5, 0.6) is 5.75 Å².